The average molecular weight is 423 g/mol. The van der Waals surface area contributed by atoms with Crippen LogP contribution >= 0.6 is 11.8 Å². The summed E-state index contributed by atoms with van der Waals surface area (Å²) >= 11 is 1.69. The summed E-state index contributed by atoms with van der Waals surface area (Å²) in [7, 11) is 0. The van der Waals surface area contributed by atoms with E-state index in [4.69, 9.17) is 18.9 Å². The largest absolute Gasteiger partial charge is 0.502 e. The summed E-state index contributed by atoms with van der Waals surface area (Å²) in [4.78, 5) is 0. The number of hydrogen-bond acceptors (Lipinski definition) is 7. The fraction of sp³-hybridized carbons (Fsp3) is 0.455. The predicted octanol–water partition coefficient (Wildman–Crippen LogP) is 5.13. The van der Waals surface area contributed by atoms with E-state index >= 15 is 0 Å². The number of rotatable bonds is 12. The molecule has 7 heteroatoms. The molecule has 0 aliphatic rings. The van der Waals surface area contributed by atoms with E-state index in [9.17, 15) is 10.2 Å². The molecule has 2 aromatic rings. The number of hydrogen-bond donors (Lipinski definition) is 2. The van der Waals surface area contributed by atoms with Crippen LogP contribution in [0.25, 0.3) is 0 Å². The molecule has 0 saturated carbocycles. The zero-order valence-corrected chi connectivity index (χ0v) is 18.3. The van der Waals surface area contributed by atoms with Crippen LogP contribution in [0.2, 0.25) is 0 Å². The van der Waals surface area contributed by atoms with Gasteiger partial charge >= 0.3 is 0 Å². The van der Waals surface area contributed by atoms with Gasteiger partial charge in [0.15, 0.2) is 23.0 Å². The van der Waals surface area contributed by atoms with Crippen LogP contribution < -0.4 is 18.9 Å². The van der Waals surface area contributed by atoms with Crippen LogP contribution in [0.4, 0.5) is 0 Å². The monoisotopic (exact) mass is 422 g/mol. The number of ether oxygens (including phenoxy) is 4. The number of benzene rings is 2. The van der Waals surface area contributed by atoms with Crippen molar-refractivity contribution in [2.75, 3.05) is 26.4 Å². The summed E-state index contributed by atoms with van der Waals surface area (Å²) in [5.74, 6) is 3.18. The SMILES string of the molecule is CCOc1cc(CSCc2cc(OCC)c(O)c(OCC)c2)cc(OCC)c1O. The Morgan fingerprint density at radius 1 is 0.586 bits per heavy atom. The Kier molecular flexibility index (Phi) is 9.12. The highest BCUT2D eigenvalue weighted by atomic mass is 32.2. The first kappa shape index (κ1) is 22.9. The van der Waals surface area contributed by atoms with Crippen LogP contribution in [-0.2, 0) is 11.5 Å². The summed E-state index contributed by atoms with van der Waals surface area (Å²) in [6, 6.07) is 7.34. The minimum Gasteiger partial charge on any atom is -0.502 e. The smallest absolute Gasteiger partial charge is 0.200 e. The third kappa shape index (κ3) is 6.29. The van der Waals surface area contributed by atoms with Gasteiger partial charge in [0.2, 0.25) is 11.5 Å². The van der Waals surface area contributed by atoms with E-state index in [0.29, 0.717) is 60.9 Å². The van der Waals surface area contributed by atoms with Crippen molar-refractivity contribution in [2.24, 2.45) is 0 Å². The average Bonchev–Trinajstić information content (AvgIpc) is 2.69. The molecule has 0 spiro atoms. The molecule has 0 radical (unpaired) electrons. The van der Waals surface area contributed by atoms with Gasteiger partial charge in [0, 0.05) is 11.5 Å². The molecule has 0 atom stereocenters. The van der Waals surface area contributed by atoms with Crippen LogP contribution in [0.15, 0.2) is 24.3 Å². The number of phenols is 2. The normalized spacial score (nSPS) is 10.6. The number of thioether (sulfide) groups is 1. The van der Waals surface area contributed by atoms with Gasteiger partial charge in [-0.15, -0.1) is 0 Å². The molecular weight excluding hydrogens is 392 g/mol. The second-order valence-electron chi connectivity index (χ2n) is 6.11. The Bertz CT molecular complexity index is 673. The third-order valence-corrected chi connectivity index (χ3v) is 5.01. The Morgan fingerprint density at radius 2 is 0.862 bits per heavy atom. The maximum absolute atomic E-state index is 10.3. The van der Waals surface area contributed by atoms with E-state index in [2.05, 4.69) is 0 Å². The number of phenolic OH excluding ortho intramolecular Hbond substituents is 2. The minimum atomic E-state index is 0.0312. The van der Waals surface area contributed by atoms with Crippen molar-refractivity contribution in [3.8, 4) is 34.5 Å². The van der Waals surface area contributed by atoms with Gasteiger partial charge in [-0.25, -0.2) is 0 Å². The first-order valence-corrected chi connectivity index (χ1v) is 11.0. The molecular formula is C22H30O6S. The molecule has 0 saturated heterocycles. The van der Waals surface area contributed by atoms with Crippen molar-refractivity contribution in [1.29, 1.82) is 0 Å². The van der Waals surface area contributed by atoms with Gasteiger partial charge in [-0.05, 0) is 63.1 Å². The van der Waals surface area contributed by atoms with Crippen molar-refractivity contribution in [3.63, 3.8) is 0 Å². The molecule has 29 heavy (non-hydrogen) atoms. The summed E-state index contributed by atoms with van der Waals surface area (Å²) in [6.45, 7) is 9.34. The van der Waals surface area contributed by atoms with E-state index in [0.717, 1.165) is 11.1 Å². The van der Waals surface area contributed by atoms with Gasteiger partial charge in [-0.1, -0.05) is 0 Å². The second-order valence-corrected chi connectivity index (χ2v) is 7.09. The second kappa shape index (κ2) is 11.6. The fourth-order valence-electron chi connectivity index (χ4n) is 2.79. The van der Waals surface area contributed by atoms with Crippen LogP contribution in [0.3, 0.4) is 0 Å². The van der Waals surface area contributed by atoms with Crippen LogP contribution in [0.5, 0.6) is 34.5 Å². The zero-order chi connectivity index (χ0) is 21.2. The lowest BCUT2D eigenvalue weighted by molar-refractivity contribution is 0.289. The maximum atomic E-state index is 10.3. The third-order valence-electron chi connectivity index (χ3n) is 3.94. The molecule has 2 aromatic carbocycles. The molecule has 0 bridgehead atoms. The molecule has 0 heterocycles. The summed E-state index contributed by atoms with van der Waals surface area (Å²) < 4.78 is 22.1. The molecule has 0 unspecified atom stereocenters. The zero-order valence-electron chi connectivity index (χ0n) is 17.5. The van der Waals surface area contributed by atoms with Crippen molar-refractivity contribution in [1.82, 2.24) is 0 Å². The standard InChI is InChI=1S/C22H30O6S/c1-5-25-17-9-15(10-18(21(17)23)26-6-2)13-29-14-16-11-19(27-7-3)22(24)20(12-16)28-8-4/h9-12,23-24H,5-8,13-14H2,1-4H3. The Labute approximate surface area is 176 Å². The molecule has 2 N–H and O–H groups in total. The van der Waals surface area contributed by atoms with Gasteiger partial charge in [-0.3, -0.25) is 0 Å². The van der Waals surface area contributed by atoms with Crippen molar-refractivity contribution in [2.45, 2.75) is 39.2 Å². The molecule has 0 aliphatic carbocycles. The molecule has 160 valence electrons. The molecule has 0 amide bonds. The molecule has 6 nitrogen and oxygen atoms in total. The van der Waals surface area contributed by atoms with Crippen LogP contribution in [-0.4, -0.2) is 36.6 Å². The number of aromatic hydroxyl groups is 2. The van der Waals surface area contributed by atoms with E-state index < -0.39 is 0 Å². The highest BCUT2D eigenvalue weighted by Gasteiger charge is 2.14. The first-order chi connectivity index (χ1) is 14.0. The molecule has 0 fully saturated rings. The minimum absolute atomic E-state index is 0.0312. The van der Waals surface area contributed by atoms with Crippen molar-refractivity contribution < 1.29 is 29.2 Å². The molecule has 2 rings (SSSR count). The molecule has 0 aromatic heterocycles. The topological polar surface area (TPSA) is 77.4 Å². The Morgan fingerprint density at radius 3 is 1.10 bits per heavy atom. The van der Waals surface area contributed by atoms with E-state index in [-0.39, 0.29) is 11.5 Å². The highest BCUT2D eigenvalue weighted by molar-refractivity contribution is 7.97. The predicted molar refractivity (Wildman–Crippen MR) is 116 cm³/mol. The lowest BCUT2D eigenvalue weighted by Gasteiger charge is -2.14. The van der Waals surface area contributed by atoms with E-state index in [1.54, 1.807) is 11.8 Å². The lowest BCUT2D eigenvalue weighted by atomic mass is 10.2. The van der Waals surface area contributed by atoms with Crippen LogP contribution in [0, 0.1) is 0 Å². The van der Waals surface area contributed by atoms with Gasteiger partial charge < -0.3 is 29.2 Å². The summed E-state index contributed by atoms with van der Waals surface area (Å²) in [5, 5.41) is 20.5. The summed E-state index contributed by atoms with van der Waals surface area (Å²) in [5.41, 5.74) is 1.99. The first-order valence-electron chi connectivity index (χ1n) is 9.84. The highest BCUT2D eigenvalue weighted by Crippen LogP contribution is 2.40. The Hall–Kier alpha value is -2.41. The fourth-order valence-corrected chi connectivity index (χ4v) is 3.70. The van der Waals surface area contributed by atoms with E-state index in [1.165, 1.54) is 0 Å². The van der Waals surface area contributed by atoms with Gasteiger partial charge in [0.1, 0.15) is 0 Å². The molecule has 0 aliphatic heterocycles. The van der Waals surface area contributed by atoms with Gasteiger partial charge in [0.25, 0.3) is 0 Å². The van der Waals surface area contributed by atoms with Gasteiger partial charge in [-0.2, -0.15) is 11.8 Å². The quantitative estimate of drug-likeness (QED) is 0.491. The van der Waals surface area contributed by atoms with Crippen molar-refractivity contribution in [3.05, 3.63) is 35.4 Å². The van der Waals surface area contributed by atoms with E-state index in [1.807, 2.05) is 52.0 Å². The van der Waals surface area contributed by atoms with Crippen molar-refractivity contribution >= 4 is 11.8 Å². The lowest BCUT2D eigenvalue weighted by Crippen LogP contribution is -1.99. The van der Waals surface area contributed by atoms with Crippen LogP contribution in [0.1, 0.15) is 38.8 Å². The summed E-state index contributed by atoms with van der Waals surface area (Å²) in [6.07, 6.45) is 0. The van der Waals surface area contributed by atoms with Gasteiger partial charge in [0.05, 0.1) is 26.4 Å². The maximum Gasteiger partial charge on any atom is 0.200 e. The Balaban J connectivity index is 2.14.